The van der Waals surface area contributed by atoms with E-state index >= 15 is 0 Å². The van der Waals surface area contributed by atoms with Gasteiger partial charge in [-0.2, -0.15) is 0 Å². The zero-order valence-corrected chi connectivity index (χ0v) is 10.3. The molecule has 18 heavy (non-hydrogen) atoms. The maximum Gasteiger partial charge on any atom is 0.365 e. The topological polar surface area (TPSA) is 62.5 Å². The number of piperazine rings is 1. The van der Waals surface area contributed by atoms with Gasteiger partial charge in [0.05, 0.1) is 0 Å². The molecule has 1 saturated heterocycles. The number of anilines is 1. The Labute approximate surface area is 106 Å². The van der Waals surface area contributed by atoms with E-state index in [2.05, 4.69) is 21.7 Å². The van der Waals surface area contributed by atoms with Crippen molar-refractivity contribution in [3.8, 4) is 0 Å². The molecule has 1 aliphatic heterocycles. The van der Waals surface area contributed by atoms with Gasteiger partial charge in [0.2, 0.25) is 5.82 Å². The molecule has 1 aromatic rings. The summed E-state index contributed by atoms with van der Waals surface area (Å²) in [5, 5.41) is 10.7. The van der Waals surface area contributed by atoms with Crippen LogP contribution in [0.5, 0.6) is 0 Å². The normalized spacial score (nSPS) is 16.8. The van der Waals surface area contributed by atoms with Crippen molar-refractivity contribution in [3.05, 3.63) is 35.2 Å². The summed E-state index contributed by atoms with van der Waals surface area (Å²) in [6, 6.07) is 4.93. The van der Waals surface area contributed by atoms with E-state index in [4.69, 9.17) is 0 Å². The quantitative estimate of drug-likeness (QED) is 0.595. The van der Waals surface area contributed by atoms with E-state index in [9.17, 15) is 10.1 Å². The van der Waals surface area contributed by atoms with Crippen LogP contribution in [0.2, 0.25) is 0 Å². The Morgan fingerprint density at radius 1 is 1.33 bits per heavy atom. The van der Waals surface area contributed by atoms with Crippen molar-refractivity contribution >= 4 is 11.6 Å². The third kappa shape index (κ3) is 2.95. The number of aromatic nitrogens is 1. The number of pyridine rings is 1. The average molecular weight is 249 g/mol. The van der Waals surface area contributed by atoms with Crippen molar-refractivity contribution in [2.24, 2.45) is 0 Å². The maximum atomic E-state index is 10.7. The van der Waals surface area contributed by atoms with E-state index in [0.717, 1.165) is 39.1 Å². The van der Waals surface area contributed by atoms with Gasteiger partial charge < -0.3 is 15.0 Å². The molecule has 2 heterocycles. The lowest BCUT2D eigenvalue weighted by Crippen LogP contribution is -2.46. The largest absolute Gasteiger partial charge is 0.365 e. The molecule has 0 bridgehead atoms. The van der Waals surface area contributed by atoms with E-state index in [0.29, 0.717) is 5.82 Å². The Balaban J connectivity index is 2.01. The van der Waals surface area contributed by atoms with Gasteiger partial charge in [0.25, 0.3) is 0 Å². The highest BCUT2D eigenvalue weighted by Gasteiger charge is 2.21. The molecule has 6 nitrogen and oxygen atoms in total. The van der Waals surface area contributed by atoms with Gasteiger partial charge in [0, 0.05) is 38.3 Å². The molecule has 0 aromatic carbocycles. The van der Waals surface area contributed by atoms with Gasteiger partial charge in [0.1, 0.15) is 0 Å². The first-order valence-electron chi connectivity index (χ1n) is 6.08. The smallest absolute Gasteiger partial charge is 0.358 e. The molecule has 0 aliphatic carbocycles. The molecule has 97 valence electrons. The highest BCUT2D eigenvalue weighted by atomic mass is 16.6. The molecule has 0 amide bonds. The van der Waals surface area contributed by atoms with Crippen molar-refractivity contribution in [3.63, 3.8) is 0 Å². The minimum atomic E-state index is -0.456. The Hall–Kier alpha value is -1.69. The second kappa shape index (κ2) is 5.77. The fraction of sp³-hybridized carbons (Fsp3) is 0.500. The number of nitrogens with zero attached hydrogens (tertiary/aromatic N) is 4. The Bertz CT molecular complexity index is 416. The van der Waals surface area contributed by atoms with Crippen molar-refractivity contribution in [2.45, 2.75) is 6.42 Å². The predicted octanol–water partition coefficient (Wildman–Crippen LogP) is 1.34. The summed E-state index contributed by atoms with van der Waals surface area (Å²) in [5.41, 5.74) is 0. The third-order valence-electron chi connectivity index (χ3n) is 3.08. The van der Waals surface area contributed by atoms with Gasteiger partial charge in [-0.3, -0.25) is 4.90 Å². The lowest BCUT2D eigenvalue weighted by atomic mass is 10.3. The van der Waals surface area contributed by atoms with Crippen LogP contribution in [0.4, 0.5) is 11.6 Å². The zero-order valence-electron chi connectivity index (χ0n) is 10.3. The molecule has 0 unspecified atom stereocenters. The summed E-state index contributed by atoms with van der Waals surface area (Å²) in [6.45, 7) is 8.48. The summed E-state index contributed by atoms with van der Waals surface area (Å²) in [4.78, 5) is 18.7. The van der Waals surface area contributed by atoms with Crippen molar-refractivity contribution in [2.75, 3.05) is 37.6 Å². The molecule has 1 fully saturated rings. The second-order valence-corrected chi connectivity index (χ2v) is 4.29. The molecular weight excluding hydrogens is 232 g/mol. The Morgan fingerprint density at radius 2 is 2.06 bits per heavy atom. The molecule has 1 aromatic heterocycles. The molecule has 1 radical (unpaired) electrons. The van der Waals surface area contributed by atoms with Crippen LogP contribution in [0.25, 0.3) is 0 Å². The lowest BCUT2D eigenvalue weighted by molar-refractivity contribution is -0.389. The summed E-state index contributed by atoms with van der Waals surface area (Å²) in [6.07, 6.45) is 0.912. The Kier molecular flexibility index (Phi) is 4.09. The maximum absolute atomic E-state index is 10.7. The fourth-order valence-corrected chi connectivity index (χ4v) is 2.11. The number of hydrogen-bond donors (Lipinski definition) is 0. The van der Waals surface area contributed by atoms with Gasteiger partial charge in [-0.25, -0.2) is 0 Å². The molecule has 0 spiro atoms. The van der Waals surface area contributed by atoms with Crippen LogP contribution in [-0.2, 0) is 0 Å². The molecule has 6 heteroatoms. The molecule has 1 aliphatic rings. The van der Waals surface area contributed by atoms with Gasteiger partial charge in [0.15, 0.2) is 0 Å². The Morgan fingerprint density at radius 3 is 2.67 bits per heavy atom. The first-order chi connectivity index (χ1) is 8.70. The summed E-state index contributed by atoms with van der Waals surface area (Å²) < 4.78 is 0. The zero-order chi connectivity index (χ0) is 13.0. The van der Waals surface area contributed by atoms with Crippen LogP contribution in [0.1, 0.15) is 6.42 Å². The second-order valence-electron chi connectivity index (χ2n) is 4.29. The highest BCUT2D eigenvalue weighted by molar-refractivity contribution is 5.42. The highest BCUT2D eigenvalue weighted by Crippen LogP contribution is 2.17. The van der Waals surface area contributed by atoms with Crippen LogP contribution in [0.15, 0.2) is 18.2 Å². The number of hydrogen-bond acceptors (Lipinski definition) is 5. The first kappa shape index (κ1) is 12.8. The van der Waals surface area contributed by atoms with Gasteiger partial charge in [-0.1, -0.05) is 6.92 Å². The molecule has 0 atom stereocenters. The molecule has 0 N–H and O–H groups in total. The SMILES string of the molecule is [CH2]CCN1CCN(c2cccc([N+](=O)[O-])n2)CC1. The number of rotatable bonds is 4. The van der Waals surface area contributed by atoms with E-state index in [1.807, 2.05) is 6.07 Å². The van der Waals surface area contributed by atoms with Crippen LogP contribution in [-0.4, -0.2) is 47.5 Å². The minimum Gasteiger partial charge on any atom is -0.358 e. The third-order valence-corrected chi connectivity index (χ3v) is 3.08. The van der Waals surface area contributed by atoms with Gasteiger partial charge in [-0.05, 0) is 28.9 Å². The van der Waals surface area contributed by atoms with E-state index in [1.165, 1.54) is 6.07 Å². The van der Waals surface area contributed by atoms with Crippen LogP contribution >= 0.6 is 0 Å². The summed E-state index contributed by atoms with van der Waals surface area (Å²) in [7, 11) is 0. The van der Waals surface area contributed by atoms with Gasteiger partial charge in [-0.15, -0.1) is 0 Å². The molecule has 0 saturated carbocycles. The van der Waals surface area contributed by atoms with Crippen molar-refractivity contribution in [1.29, 1.82) is 0 Å². The monoisotopic (exact) mass is 249 g/mol. The standard InChI is InChI=1S/C12H17N4O2/c1-2-6-14-7-9-15(10-8-14)11-4-3-5-12(13-11)16(17)18/h3-5H,1-2,6-10H2. The summed E-state index contributed by atoms with van der Waals surface area (Å²) in [5.74, 6) is 0.603. The van der Waals surface area contributed by atoms with Crippen molar-refractivity contribution < 1.29 is 4.92 Å². The molecular formula is C12H17N4O2. The van der Waals surface area contributed by atoms with Crippen LogP contribution < -0.4 is 4.90 Å². The summed E-state index contributed by atoms with van der Waals surface area (Å²) >= 11 is 0. The average Bonchev–Trinajstić information content (AvgIpc) is 2.40. The van der Waals surface area contributed by atoms with Crippen LogP contribution in [0, 0.1) is 17.0 Å². The van der Waals surface area contributed by atoms with E-state index in [-0.39, 0.29) is 5.82 Å². The van der Waals surface area contributed by atoms with E-state index < -0.39 is 4.92 Å². The number of nitro groups is 1. The lowest BCUT2D eigenvalue weighted by Gasteiger charge is -2.33. The molecule has 2 rings (SSSR count). The van der Waals surface area contributed by atoms with Crippen LogP contribution in [0.3, 0.4) is 0 Å². The fourth-order valence-electron chi connectivity index (χ4n) is 2.11. The first-order valence-corrected chi connectivity index (χ1v) is 6.08. The minimum absolute atomic E-state index is 0.0901. The predicted molar refractivity (Wildman–Crippen MR) is 69.5 cm³/mol. The van der Waals surface area contributed by atoms with Gasteiger partial charge >= 0.3 is 5.82 Å². The van der Waals surface area contributed by atoms with E-state index in [1.54, 1.807) is 6.07 Å². The van der Waals surface area contributed by atoms with Crippen molar-refractivity contribution in [1.82, 2.24) is 9.88 Å².